The van der Waals surface area contributed by atoms with E-state index in [1.54, 1.807) is 13.3 Å². The number of ether oxygens (including phenoxy) is 1. The van der Waals surface area contributed by atoms with Crippen LogP contribution >= 0.6 is 0 Å². The zero-order valence-corrected chi connectivity index (χ0v) is 8.27. The van der Waals surface area contributed by atoms with Crippen molar-refractivity contribution in [1.29, 1.82) is 0 Å². The van der Waals surface area contributed by atoms with Gasteiger partial charge in [0, 0.05) is 13.2 Å². The predicted octanol–water partition coefficient (Wildman–Crippen LogP) is 0.505. The van der Waals surface area contributed by atoms with Crippen molar-refractivity contribution >= 4 is 0 Å². The molecule has 2 N–H and O–H groups in total. The quantitative estimate of drug-likeness (QED) is 0.740. The Hall–Kier alpha value is -0.940. The van der Waals surface area contributed by atoms with Gasteiger partial charge in [0.2, 0.25) is 0 Å². The van der Waals surface area contributed by atoms with Crippen LogP contribution in [0.4, 0.5) is 0 Å². The SMILES string of the molecule is COC[C@@H](N)c1cnnn1C(C)C. The van der Waals surface area contributed by atoms with E-state index in [2.05, 4.69) is 10.3 Å². The third-order valence-corrected chi connectivity index (χ3v) is 1.82. The molecule has 5 nitrogen and oxygen atoms in total. The van der Waals surface area contributed by atoms with E-state index >= 15 is 0 Å². The van der Waals surface area contributed by atoms with E-state index in [1.165, 1.54) is 0 Å². The van der Waals surface area contributed by atoms with Gasteiger partial charge in [0.1, 0.15) is 0 Å². The number of hydrogen-bond acceptors (Lipinski definition) is 4. The Morgan fingerprint density at radius 3 is 2.85 bits per heavy atom. The molecule has 13 heavy (non-hydrogen) atoms. The summed E-state index contributed by atoms with van der Waals surface area (Å²) in [6, 6.07) is 0.128. The highest BCUT2D eigenvalue weighted by Gasteiger charge is 2.13. The molecule has 0 aliphatic rings. The topological polar surface area (TPSA) is 66.0 Å². The van der Waals surface area contributed by atoms with Crippen LogP contribution in [0, 0.1) is 0 Å². The molecule has 1 aromatic rings. The number of nitrogens with zero attached hydrogens (tertiary/aromatic N) is 3. The van der Waals surface area contributed by atoms with Gasteiger partial charge in [0.25, 0.3) is 0 Å². The van der Waals surface area contributed by atoms with Crippen LogP contribution in [0.5, 0.6) is 0 Å². The molecule has 1 atom stereocenters. The molecule has 0 fully saturated rings. The Morgan fingerprint density at radius 1 is 1.62 bits per heavy atom. The van der Waals surface area contributed by atoms with E-state index in [-0.39, 0.29) is 12.1 Å². The first-order valence-electron chi connectivity index (χ1n) is 4.31. The summed E-state index contributed by atoms with van der Waals surface area (Å²) in [5.41, 5.74) is 6.78. The maximum absolute atomic E-state index is 5.86. The monoisotopic (exact) mass is 184 g/mol. The van der Waals surface area contributed by atoms with Crippen molar-refractivity contribution < 1.29 is 4.74 Å². The summed E-state index contributed by atoms with van der Waals surface area (Å²) in [7, 11) is 1.63. The molecule has 0 radical (unpaired) electrons. The molecular weight excluding hydrogens is 168 g/mol. The second-order valence-electron chi connectivity index (χ2n) is 3.26. The van der Waals surface area contributed by atoms with Gasteiger partial charge in [-0.2, -0.15) is 0 Å². The van der Waals surface area contributed by atoms with Gasteiger partial charge in [0.15, 0.2) is 0 Å². The summed E-state index contributed by atoms with van der Waals surface area (Å²) in [4.78, 5) is 0. The van der Waals surface area contributed by atoms with E-state index in [0.717, 1.165) is 5.69 Å². The number of methoxy groups -OCH3 is 1. The number of nitrogens with two attached hydrogens (primary N) is 1. The smallest absolute Gasteiger partial charge is 0.0781 e. The van der Waals surface area contributed by atoms with E-state index in [4.69, 9.17) is 10.5 Å². The van der Waals surface area contributed by atoms with Gasteiger partial charge in [-0.25, -0.2) is 4.68 Å². The molecule has 0 aliphatic heterocycles. The minimum atomic E-state index is -0.151. The third-order valence-electron chi connectivity index (χ3n) is 1.82. The average molecular weight is 184 g/mol. The fourth-order valence-electron chi connectivity index (χ4n) is 1.18. The molecule has 0 aromatic carbocycles. The summed E-state index contributed by atoms with van der Waals surface area (Å²) in [5, 5.41) is 7.77. The molecule has 0 aliphatic carbocycles. The molecule has 74 valence electrons. The maximum Gasteiger partial charge on any atom is 0.0781 e. The van der Waals surface area contributed by atoms with E-state index in [1.807, 2.05) is 18.5 Å². The van der Waals surface area contributed by atoms with Crippen LogP contribution in [-0.4, -0.2) is 28.7 Å². The summed E-state index contributed by atoms with van der Waals surface area (Å²) < 4.78 is 6.78. The van der Waals surface area contributed by atoms with Gasteiger partial charge >= 0.3 is 0 Å². The fourth-order valence-corrected chi connectivity index (χ4v) is 1.18. The van der Waals surface area contributed by atoms with Gasteiger partial charge in [-0.3, -0.25) is 0 Å². The highest BCUT2D eigenvalue weighted by Crippen LogP contribution is 2.12. The van der Waals surface area contributed by atoms with E-state index in [0.29, 0.717) is 6.61 Å². The Kier molecular flexibility index (Phi) is 3.39. The molecular formula is C8H16N4O. The molecule has 0 spiro atoms. The standard InChI is InChI=1S/C8H16N4O/c1-6(2)12-8(4-10-11-12)7(9)5-13-3/h4,6-7H,5,9H2,1-3H3/t7-/m1/s1. The lowest BCUT2D eigenvalue weighted by Gasteiger charge is -2.14. The lowest BCUT2D eigenvalue weighted by atomic mass is 10.2. The van der Waals surface area contributed by atoms with Crippen LogP contribution in [-0.2, 0) is 4.74 Å². The van der Waals surface area contributed by atoms with Crippen molar-refractivity contribution in [2.75, 3.05) is 13.7 Å². The van der Waals surface area contributed by atoms with Gasteiger partial charge in [-0.05, 0) is 13.8 Å². The molecule has 5 heteroatoms. The van der Waals surface area contributed by atoms with Crippen molar-refractivity contribution in [3.63, 3.8) is 0 Å². The first-order valence-corrected chi connectivity index (χ1v) is 4.31. The summed E-state index contributed by atoms with van der Waals surface area (Å²) in [6.45, 7) is 4.56. The van der Waals surface area contributed by atoms with E-state index in [9.17, 15) is 0 Å². The second-order valence-corrected chi connectivity index (χ2v) is 3.26. The van der Waals surface area contributed by atoms with Crippen molar-refractivity contribution in [2.24, 2.45) is 5.73 Å². The minimum absolute atomic E-state index is 0.151. The minimum Gasteiger partial charge on any atom is -0.383 e. The summed E-state index contributed by atoms with van der Waals surface area (Å²) in [6.07, 6.45) is 1.68. The summed E-state index contributed by atoms with van der Waals surface area (Å²) >= 11 is 0. The van der Waals surface area contributed by atoms with Crippen LogP contribution in [0.1, 0.15) is 31.6 Å². The van der Waals surface area contributed by atoms with Crippen LogP contribution in [0.15, 0.2) is 6.20 Å². The van der Waals surface area contributed by atoms with Crippen molar-refractivity contribution in [3.05, 3.63) is 11.9 Å². The molecule has 0 bridgehead atoms. The Balaban J connectivity index is 2.80. The lowest BCUT2D eigenvalue weighted by molar-refractivity contribution is 0.177. The highest BCUT2D eigenvalue weighted by atomic mass is 16.5. The second kappa shape index (κ2) is 4.34. The van der Waals surface area contributed by atoms with Crippen LogP contribution in [0.3, 0.4) is 0 Å². The number of rotatable bonds is 4. The van der Waals surface area contributed by atoms with Crippen LogP contribution in [0.2, 0.25) is 0 Å². The summed E-state index contributed by atoms with van der Waals surface area (Å²) in [5.74, 6) is 0. The molecule has 1 rings (SSSR count). The fraction of sp³-hybridized carbons (Fsp3) is 0.750. The molecule has 0 amide bonds. The molecule has 1 heterocycles. The normalized spacial score (nSPS) is 13.6. The average Bonchev–Trinajstić information content (AvgIpc) is 2.52. The molecule has 0 unspecified atom stereocenters. The van der Waals surface area contributed by atoms with Crippen molar-refractivity contribution in [1.82, 2.24) is 15.0 Å². The van der Waals surface area contributed by atoms with Crippen molar-refractivity contribution in [2.45, 2.75) is 25.9 Å². The van der Waals surface area contributed by atoms with Crippen LogP contribution < -0.4 is 5.73 Å². The van der Waals surface area contributed by atoms with Crippen molar-refractivity contribution in [3.8, 4) is 0 Å². The Bertz CT molecular complexity index is 258. The number of hydrogen-bond donors (Lipinski definition) is 1. The van der Waals surface area contributed by atoms with Gasteiger partial charge in [-0.15, -0.1) is 5.10 Å². The zero-order chi connectivity index (χ0) is 9.84. The molecule has 0 saturated heterocycles. The van der Waals surface area contributed by atoms with Gasteiger partial charge < -0.3 is 10.5 Å². The maximum atomic E-state index is 5.86. The van der Waals surface area contributed by atoms with Gasteiger partial charge in [-0.1, -0.05) is 5.21 Å². The van der Waals surface area contributed by atoms with Crippen LogP contribution in [0.25, 0.3) is 0 Å². The lowest BCUT2D eigenvalue weighted by Crippen LogP contribution is -2.21. The Labute approximate surface area is 77.9 Å². The van der Waals surface area contributed by atoms with Gasteiger partial charge in [0.05, 0.1) is 24.5 Å². The molecule has 1 aromatic heterocycles. The van der Waals surface area contributed by atoms with E-state index < -0.39 is 0 Å². The largest absolute Gasteiger partial charge is 0.383 e. The predicted molar refractivity (Wildman–Crippen MR) is 49.2 cm³/mol. The third kappa shape index (κ3) is 2.26. The Morgan fingerprint density at radius 2 is 2.31 bits per heavy atom. The molecule has 0 saturated carbocycles. The zero-order valence-electron chi connectivity index (χ0n) is 8.27. The first-order chi connectivity index (χ1) is 6.16. The first kappa shape index (κ1) is 10.1. The number of aromatic nitrogens is 3. The highest BCUT2D eigenvalue weighted by molar-refractivity contribution is 5.02.